The highest BCUT2D eigenvalue weighted by molar-refractivity contribution is 6.42. The van der Waals surface area contributed by atoms with Gasteiger partial charge in [0.15, 0.2) is 17.9 Å². The van der Waals surface area contributed by atoms with Gasteiger partial charge in [-0.25, -0.2) is 5.43 Å². The van der Waals surface area contributed by atoms with Gasteiger partial charge < -0.3 is 60.4 Å². The number of hydrogen-bond acceptors (Lipinski definition) is 17. The van der Waals surface area contributed by atoms with E-state index in [9.17, 15) is 44.4 Å². The average Bonchev–Trinajstić information content (AvgIpc) is 1.51. The van der Waals surface area contributed by atoms with E-state index >= 15 is 0 Å². The molecule has 10 N–H and O–H groups in total. The number of H-pyrrole nitrogens is 2. The van der Waals surface area contributed by atoms with Crippen LogP contribution in [0.4, 0.5) is 0 Å². The number of aliphatic hydroxyl groups excluding tert-OH is 1. The molecule has 1 amide bonds. The summed E-state index contributed by atoms with van der Waals surface area (Å²) in [5, 5.41) is 57.4. The number of carbonyl (C=O) groups is 5. The molecule has 8 bridgehead atoms. The average molecular weight is 1120 g/mol. The van der Waals surface area contributed by atoms with Crippen molar-refractivity contribution in [3.05, 3.63) is 131 Å². The molecule has 2 unspecified atom stereocenters. The van der Waals surface area contributed by atoms with Gasteiger partial charge in [-0.2, -0.15) is 5.10 Å². The highest BCUT2D eigenvalue weighted by atomic mass is 16.7. The van der Waals surface area contributed by atoms with Crippen LogP contribution in [0.5, 0.6) is 17.2 Å². The Hall–Kier alpha value is -8.01. The number of aliphatic imine (C=N–C) groups is 1. The first-order chi connectivity index (χ1) is 39.0. The fourth-order valence-electron chi connectivity index (χ4n) is 13.3. The Balaban J connectivity index is 0.942. The largest absolute Gasteiger partial charge is 0.507 e. The first-order valence-electron chi connectivity index (χ1n) is 27.6. The van der Waals surface area contributed by atoms with Crippen molar-refractivity contribution >= 4 is 65.0 Å². The lowest BCUT2D eigenvalue weighted by molar-refractivity contribution is -0.245. The number of phenols is 2. The van der Waals surface area contributed by atoms with E-state index in [0.29, 0.717) is 28.1 Å². The smallest absolute Gasteiger partial charge is 0.321 e. The van der Waals surface area contributed by atoms with E-state index in [1.165, 1.54) is 39.3 Å². The zero-order valence-electron chi connectivity index (χ0n) is 47.1. The van der Waals surface area contributed by atoms with E-state index in [4.69, 9.17) is 29.7 Å². The van der Waals surface area contributed by atoms with Crippen molar-refractivity contribution in [2.75, 3.05) is 14.2 Å². The molecule has 428 valence electrons. The van der Waals surface area contributed by atoms with Crippen LogP contribution in [-0.4, -0.2) is 121 Å². The lowest BCUT2D eigenvalue weighted by Crippen LogP contribution is -2.52. The van der Waals surface area contributed by atoms with Crippen LogP contribution in [0, 0.1) is 31.6 Å². The van der Waals surface area contributed by atoms with Crippen molar-refractivity contribution in [1.82, 2.24) is 20.7 Å². The number of benzene rings is 2. The molecule has 20 heteroatoms. The number of hydrogen-bond donors (Lipinski definition) is 9. The maximum absolute atomic E-state index is 14.6. The second-order valence-corrected chi connectivity index (χ2v) is 22.5. The van der Waals surface area contributed by atoms with Crippen LogP contribution in [0.25, 0.3) is 24.3 Å². The number of Topliss-reactive ketones (excluding diaryl/α,β-unsaturated/α-hetero) is 1. The van der Waals surface area contributed by atoms with Crippen LogP contribution in [0.2, 0.25) is 0 Å². The Kier molecular flexibility index (Phi) is 14.1. The molecule has 1 saturated carbocycles. The summed E-state index contributed by atoms with van der Waals surface area (Å²) in [7, 11) is 2.58. The SMILES string of the molecule is C=Cc1c2[nH]c(c1C)/C=C1\NC(=C3C4=NC(/C=c5\[nH]c(c(C)c5CC)=C2)C(C)=C4C(=O)C3C(=O)OC)[C@@H](CCC(=O)N/N=C(\C)[C@]2(O)Cc3c(O)c4c(c(O)c3[C@@H](O[C@H]3C[C@H](N)[C@H](O)[C@H](C)O3)C2)C(=O)c2c(OC)cccc2C4=O)[C@@H]1C. The van der Waals surface area contributed by atoms with Gasteiger partial charge in [0.25, 0.3) is 0 Å². The Morgan fingerprint density at radius 1 is 1.01 bits per heavy atom. The van der Waals surface area contributed by atoms with Gasteiger partial charge in [-0.1, -0.05) is 38.6 Å². The number of rotatable bonds is 11. The number of carbonyl (C=O) groups excluding carboxylic acids is 5. The maximum atomic E-state index is 14.6. The molecule has 3 fully saturated rings. The number of nitrogens with two attached hydrogens (primary N) is 1. The number of hydrazone groups is 1. The number of aromatic nitrogens is 2. The molecule has 20 nitrogen and oxygen atoms in total. The number of ketones is 3. The third-order valence-electron chi connectivity index (χ3n) is 18.0. The Bertz CT molecular complexity index is 3810. The van der Waals surface area contributed by atoms with E-state index in [0.717, 1.165) is 56.5 Å². The van der Waals surface area contributed by atoms with Gasteiger partial charge in [0.05, 0.1) is 66.7 Å². The van der Waals surface area contributed by atoms with Gasteiger partial charge in [-0.3, -0.25) is 29.0 Å². The van der Waals surface area contributed by atoms with Crippen molar-refractivity contribution < 1.29 is 63.3 Å². The van der Waals surface area contributed by atoms with E-state index in [1.807, 2.05) is 39.0 Å². The normalized spacial score (nSPS) is 28.2. The second kappa shape index (κ2) is 20.8. The minimum absolute atomic E-state index is 0.0103. The van der Waals surface area contributed by atoms with Gasteiger partial charge in [0.1, 0.15) is 28.8 Å². The first kappa shape index (κ1) is 55.9. The summed E-state index contributed by atoms with van der Waals surface area (Å²) in [6, 6.07) is 3.12. The third-order valence-corrected chi connectivity index (χ3v) is 18.0. The predicted octanol–water partition coefficient (Wildman–Crippen LogP) is 4.48. The molecular formula is C62H67N7O13. The molecule has 2 aromatic carbocycles. The molecule has 0 radical (unpaired) electrons. The number of nitrogens with zero attached hydrogens (tertiary/aromatic N) is 2. The number of methoxy groups -OCH3 is 2. The summed E-state index contributed by atoms with van der Waals surface area (Å²) in [5.41, 5.74) is 14.4. The molecule has 4 aromatic rings. The van der Waals surface area contributed by atoms with Crippen molar-refractivity contribution in [2.24, 2.45) is 33.6 Å². The molecule has 2 aromatic heterocycles. The Morgan fingerprint density at radius 2 is 1.76 bits per heavy atom. The van der Waals surface area contributed by atoms with E-state index in [-0.39, 0.29) is 65.3 Å². The van der Waals surface area contributed by atoms with Crippen molar-refractivity contribution in [2.45, 2.75) is 129 Å². The van der Waals surface area contributed by atoms with Gasteiger partial charge in [-0.15, -0.1) is 0 Å². The molecule has 6 heterocycles. The molecule has 11 rings (SSSR count). The summed E-state index contributed by atoms with van der Waals surface area (Å²) in [6.45, 7) is 17.3. The summed E-state index contributed by atoms with van der Waals surface area (Å²) < 4.78 is 23.2. The van der Waals surface area contributed by atoms with Gasteiger partial charge >= 0.3 is 5.97 Å². The number of aliphatic hydroxyl groups is 2. The van der Waals surface area contributed by atoms with Crippen LogP contribution >= 0.6 is 0 Å². The number of aromatic amines is 2. The zero-order chi connectivity index (χ0) is 58.7. The van der Waals surface area contributed by atoms with Crippen LogP contribution in [-0.2, 0) is 41.4 Å². The van der Waals surface area contributed by atoms with Crippen molar-refractivity contribution in [3.63, 3.8) is 0 Å². The minimum Gasteiger partial charge on any atom is -0.507 e. The number of esters is 1. The molecular weight excluding hydrogens is 1050 g/mol. The summed E-state index contributed by atoms with van der Waals surface area (Å²) >= 11 is 0. The number of nitrogens with one attached hydrogen (secondary N) is 4. The number of aromatic hydroxyl groups is 2. The minimum atomic E-state index is -2.04. The maximum Gasteiger partial charge on any atom is 0.321 e. The third kappa shape index (κ3) is 8.72. The molecule has 10 atom stereocenters. The summed E-state index contributed by atoms with van der Waals surface area (Å²) in [6.07, 6.45) is 3.61. The van der Waals surface area contributed by atoms with Crippen LogP contribution in [0.1, 0.15) is 143 Å². The van der Waals surface area contributed by atoms with Crippen LogP contribution in [0.3, 0.4) is 0 Å². The standard InChI is InChI=1S/C62H67N7O13/c1-11-30-24(3)36-19-38-26(5)32(53(66-38)49-52(61(77)80-10)58(74)46-27(6)39(67-54(46)49)21-41-31(12-2)25(4)37(65-41)20-40(30)64-36)16-17-44(70)69-68-29(8)62(78)22-34-48(43(23-62)82-45-18-35(63)55(71)28(7)81-45)60(76)51-50(57(34)73)56(72)33-14-13-15-42(79-9)47(33)59(51)75/h11,13-15,19-21,26,28,32,35,39,43,45,52,55,64-66,71,73,76,78H,1,12,16-18,22-23,63H2,2-10H3,(H,69,70)/b37-20?,38-19-,41-21-,53-49?,68-29+/t26-,28-,32-,35-,39?,43-,45-,52?,55+,62-/m0/s1. The van der Waals surface area contributed by atoms with E-state index in [1.54, 1.807) is 6.92 Å². The Morgan fingerprint density at radius 3 is 2.45 bits per heavy atom. The van der Waals surface area contributed by atoms with Gasteiger partial charge in [-0.05, 0) is 94.0 Å². The molecule has 3 aliphatic carbocycles. The van der Waals surface area contributed by atoms with E-state index in [2.05, 4.69) is 52.3 Å². The lowest BCUT2D eigenvalue weighted by atomic mass is 9.71. The second-order valence-electron chi connectivity index (χ2n) is 22.5. The van der Waals surface area contributed by atoms with Gasteiger partial charge in [0, 0.05) is 110 Å². The topological polar surface area (TPSA) is 310 Å². The number of allylic oxidation sites excluding steroid dienone is 3. The molecule has 82 heavy (non-hydrogen) atoms. The summed E-state index contributed by atoms with van der Waals surface area (Å²) in [4.78, 5) is 83.7. The Labute approximate surface area is 472 Å². The highest BCUT2D eigenvalue weighted by Gasteiger charge is 2.53. The van der Waals surface area contributed by atoms with E-state index < -0.39 is 112 Å². The summed E-state index contributed by atoms with van der Waals surface area (Å²) in [5.74, 6) is -6.62. The molecule has 2 saturated heterocycles. The van der Waals surface area contributed by atoms with Crippen LogP contribution < -0.4 is 31.9 Å². The number of amides is 1. The molecule has 4 aliphatic heterocycles. The molecule has 0 spiro atoms. The number of phenolic OH excluding ortho intramolecular Hbond substituents is 2. The fourth-order valence-corrected chi connectivity index (χ4v) is 13.3. The van der Waals surface area contributed by atoms with Crippen LogP contribution in [0.15, 0.2) is 63.0 Å². The first-order valence-corrected chi connectivity index (χ1v) is 27.6. The fraction of sp³-hybridized carbons (Fsp3) is 0.403. The lowest BCUT2D eigenvalue weighted by Gasteiger charge is -2.42. The zero-order valence-corrected chi connectivity index (χ0v) is 47.1. The van der Waals surface area contributed by atoms with Crippen molar-refractivity contribution in [1.29, 1.82) is 0 Å². The number of ether oxygens (including phenoxy) is 4. The monoisotopic (exact) mass is 1120 g/mol. The molecule has 7 aliphatic rings. The predicted molar refractivity (Wildman–Crippen MR) is 303 cm³/mol. The quantitative estimate of drug-likeness (QED) is 0.0290. The number of fused-ring (bicyclic) bond motifs is 10. The van der Waals surface area contributed by atoms with Crippen molar-refractivity contribution in [3.8, 4) is 17.2 Å². The highest BCUT2D eigenvalue weighted by Crippen LogP contribution is 2.53. The van der Waals surface area contributed by atoms with Gasteiger partial charge in [0.2, 0.25) is 11.7 Å².